The summed E-state index contributed by atoms with van der Waals surface area (Å²) in [6.45, 7) is 1.73. The second-order valence-electron chi connectivity index (χ2n) is 4.37. The number of hydrogen-bond acceptors (Lipinski definition) is 4. The van der Waals surface area contributed by atoms with Crippen LogP contribution in [0.2, 0.25) is 0 Å². The Bertz CT molecular complexity index is 657. The van der Waals surface area contributed by atoms with Gasteiger partial charge < -0.3 is 10.4 Å². The van der Waals surface area contributed by atoms with Crippen molar-refractivity contribution in [1.82, 2.24) is 15.3 Å². The first-order valence-corrected chi connectivity index (χ1v) is 6.47. The molecule has 0 radical (unpaired) electrons. The Hall–Kier alpha value is -2.71. The maximum absolute atomic E-state index is 12.0. The second kappa shape index (κ2) is 7.17. The number of aromatic nitrogens is 2. The third-order valence-electron chi connectivity index (χ3n) is 2.87. The zero-order chi connectivity index (χ0) is 15.1. The summed E-state index contributed by atoms with van der Waals surface area (Å²) in [4.78, 5) is 19.8. The summed E-state index contributed by atoms with van der Waals surface area (Å²) in [5, 5.41) is 11.5. The molecule has 0 aliphatic heterocycles. The van der Waals surface area contributed by atoms with E-state index in [2.05, 4.69) is 27.1 Å². The van der Waals surface area contributed by atoms with Crippen molar-refractivity contribution >= 4 is 5.91 Å². The average Bonchev–Trinajstić information content (AvgIpc) is 2.54. The first-order valence-electron chi connectivity index (χ1n) is 6.47. The van der Waals surface area contributed by atoms with E-state index >= 15 is 0 Å². The third-order valence-corrected chi connectivity index (χ3v) is 2.87. The molecule has 0 saturated heterocycles. The highest BCUT2D eigenvalue weighted by Crippen LogP contribution is 2.13. The molecule has 0 aliphatic carbocycles. The second-order valence-corrected chi connectivity index (χ2v) is 4.37. The molecule has 0 bridgehead atoms. The molecule has 1 atom stereocenters. The minimum Gasteiger partial charge on any atom is -0.384 e. The smallest absolute Gasteiger partial charge is 0.271 e. The van der Waals surface area contributed by atoms with E-state index in [1.165, 1.54) is 18.6 Å². The van der Waals surface area contributed by atoms with Gasteiger partial charge in [-0.2, -0.15) is 0 Å². The first kappa shape index (κ1) is 14.7. The Balaban J connectivity index is 2.03. The summed E-state index contributed by atoms with van der Waals surface area (Å²) < 4.78 is 0. The van der Waals surface area contributed by atoms with Gasteiger partial charge in [-0.3, -0.25) is 9.78 Å². The zero-order valence-corrected chi connectivity index (χ0v) is 11.6. The number of aliphatic hydroxyl groups is 1. The lowest BCUT2D eigenvalue weighted by Gasteiger charge is -2.13. The van der Waals surface area contributed by atoms with Gasteiger partial charge >= 0.3 is 0 Å². The van der Waals surface area contributed by atoms with Crippen molar-refractivity contribution in [2.45, 2.75) is 13.0 Å². The van der Waals surface area contributed by atoms with Gasteiger partial charge in [0, 0.05) is 18.0 Å². The Morgan fingerprint density at radius 3 is 2.71 bits per heavy atom. The van der Waals surface area contributed by atoms with Crippen LogP contribution < -0.4 is 5.32 Å². The molecule has 1 unspecified atom stereocenters. The number of amides is 1. The Morgan fingerprint density at radius 1 is 1.33 bits per heavy atom. The monoisotopic (exact) mass is 281 g/mol. The van der Waals surface area contributed by atoms with Crippen molar-refractivity contribution < 1.29 is 9.90 Å². The van der Waals surface area contributed by atoms with Crippen LogP contribution in [0.3, 0.4) is 0 Å². The van der Waals surface area contributed by atoms with Crippen molar-refractivity contribution in [3.05, 3.63) is 59.7 Å². The SMILES string of the molecule is CC(NC(=O)c1cnccn1)c1ccc(C#CCO)cc1. The average molecular weight is 281 g/mol. The number of carbonyl (C=O) groups is 1. The van der Waals surface area contributed by atoms with E-state index < -0.39 is 0 Å². The maximum atomic E-state index is 12.0. The summed E-state index contributed by atoms with van der Waals surface area (Å²) in [6, 6.07) is 7.33. The lowest BCUT2D eigenvalue weighted by atomic mass is 10.1. The van der Waals surface area contributed by atoms with Crippen LogP contribution >= 0.6 is 0 Å². The predicted molar refractivity (Wildman–Crippen MR) is 78.3 cm³/mol. The van der Waals surface area contributed by atoms with Crippen LogP contribution in [0, 0.1) is 11.8 Å². The molecule has 1 heterocycles. The lowest BCUT2D eigenvalue weighted by Crippen LogP contribution is -2.27. The topological polar surface area (TPSA) is 75.1 Å². The summed E-state index contributed by atoms with van der Waals surface area (Å²) in [7, 11) is 0. The van der Waals surface area contributed by atoms with Crippen LogP contribution in [0.25, 0.3) is 0 Å². The van der Waals surface area contributed by atoms with E-state index in [9.17, 15) is 4.79 Å². The van der Waals surface area contributed by atoms with Crippen LogP contribution in [0.15, 0.2) is 42.9 Å². The quantitative estimate of drug-likeness (QED) is 0.832. The fourth-order valence-corrected chi connectivity index (χ4v) is 1.77. The third kappa shape index (κ3) is 4.13. The Morgan fingerprint density at radius 2 is 2.10 bits per heavy atom. The van der Waals surface area contributed by atoms with Gasteiger partial charge in [-0.15, -0.1) is 0 Å². The molecule has 1 amide bonds. The van der Waals surface area contributed by atoms with Crippen molar-refractivity contribution in [3.63, 3.8) is 0 Å². The summed E-state index contributed by atoms with van der Waals surface area (Å²) in [5.74, 6) is 5.14. The molecule has 21 heavy (non-hydrogen) atoms. The van der Waals surface area contributed by atoms with Crippen LogP contribution in [0.4, 0.5) is 0 Å². The summed E-state index contributed by atoms with van der Waals surface area (Å²) in [6.07, 6.45) is 4.43. The van der Waals surface area contributed by atoms with Gasteiger partial charge in [-0.1, -0.05) is 24.0 Å². The first-order chi connectivity index (χ1) is 10.2. The van der Waals surface area contributed by atoms with Gasteiger partial charge in [0.1, 0.15) is 12.3 Å². The largest absolute Gasteiger partial charge is 0.384 e. The number of nitrogens with one attached hydrogen (secondary N) is 1. The van der Waals surface area contributed by atoms with Gasteiger partial charge in [-0.25, -0.2) is 4.98 Å². The van der Waals surface area contributed by atoms with E-state index in [1.807, 2.05) is 31.2 Å². The molecule has 2 rings (SSSR count). The predicted octanol–water partition coefficient (Wildman–Crippen LogP) is 1.31. The number of rotatable bonds is 3. The molecule has 1 aromatic carbocycles. The van der Waals surface area contributed by atoms with Crippen LogP contribution in [-0.2, 0) is 0 Å². The van der Waals surface area contributed by atoms with E-state index in [1.54, 1.807) is 0 Å². The zero-order valence-electron chi connectivity index (χ0n) is 11.6. The normalized spacial score (nSPS) is 11.1. The van der Waals surface area contributed by atoms with Crippen LogP contribution in [0.1, 0.15) is 34.6 Å². The highest BCUT2D eigenvalue weighted by atomic mass is 16.2. The van der Waals surface area contributed by atoms with E-state index in [0.717, 1.165) is 11.1 Å². The van der Waals surface area contributed by atoms with Gasteiger partial charge in [0.25, 0.3) is 5.91 Å². The number of hydrogen-bond donors (Lipinski definition) is 2. The van der Waals surface area contributed by atoms with Crippen LogP contribution in [0.5, 0.6) is 0 Å². The van der Waals surface area contributed by atoms with Gasteiger partial charge in [0.05, 0.1) is 12.2 Å². The maximum Gasteiger partial charge on any atom is 0.271 e. The standard InChI is InChI=1S/C16H15N3O2/c1-12(19-16(21)15-11-17-8-9-18-15)14-6-4-13(5-7-14)3-2-10-20/h4-9,11-12,20H,10H2,1H3,(H,19,21). The highest BCUT2D eigenvalue weighted by Gasteiger charge is 2.12. The van der Waals surface area contributed by atoms with E-state index in [0.29, 0.717) is 0 Å². The minimum atomic E-state index is -0.264. The molecule has 5 heteroatoms. The van der Waals surface area contributed by atoms with Gasteiger partial charge in [-0.05, 0) is 24.6 Å². The fourth-order valence-electron chi connectivity index (χ4n) is 1.77. The molecule has 5 nitrogen and oxygen atoms in total. The van der Waals surface area contributed by atoms with E-state index in [4.69, 9.17) is 5.11 Å². The molecule has 2 N–H and O–H groups in total. The molecule has 2 aromatic rings. The summed E-state index contributed by atoms with van der Waals surface area (Å²) >= 11 is 0. The number of benzene rings is 1. The molecule has 0 saturated carbocycles. The van der Waals surface area contributed by atoms with Crippen LogP contribution in [-0.4, -0.2) is 27.6 Å². The van der Waals surface area contributed by atoms with Gasteiger partial charge in [0.2, 0.25) is 0 Å². The molecular formula is C16H15N3O2. The number of carbonyl (C=O) groups excluding carboxylic acids is 1. The highest BCUT2D eigenvalue weighted by molar-refractivity contribution is 5.92. The molecule has 0 aliphatic rings. The van der Waals surface area contributed by atoms with Crippen molar-refractivity contribution in [2.24, 2.45) is 0 Å². The van der Waals surface area contributed by atoms with Gasteiger partial charge in [0.15, 0.2) is 0 Å². The van der Waals surface area contributed by atoms with E-state index in [-0.39, 0.29) is 24.2 Å². The number of nitrogens with zero attached hydrogens (tertiary/aromatic N) is 2. The molecule has 0 spiro atoms. The van der Waals surface area contributed by atoms with Crippen molar-refractivity contribution in [2.75, 3.05) is 6.61 Å². The minimum absolute atomic E-state index is 0.153. The lowest BCUT2D eigenvalue weighted by molar-refractivity contribution is 0.0934. The summed E-state index contributed by atoms with van der Waals surface area (Å²) in [5.41, 5.74) is 2.07. The molecule has 106 valence electrons. The fraction of sp³-hybridized carbons (Fsp3) is 0.188. The molecule has 0 fully saturated rings. The molecule has 1 aromatic heterocycles. The molecular weight excluding hydrogens is 266 g/mol. The Labute approximate surface area is 123 Å². The van der Waals surface area contributed by atoms with Crippen molar-refractivity contribution in [1.29, 1.82) is 0 Å². The number of aliphatic hydroxyl groups excluding tert-OH is 1. The Kier molecular flexibility index (Phi) is 5.02. The van der Waals surface area contributed by atoms with Crippen molar-refractivity contribution in [3.8, 4) is 11.8 Å².